The average Bonchev–Trinajstić information content (AvgIpc) is 2.93. The van der Waals surface area contributed by atoms with Crippen LogP contribution < -0.4 is 14.2 Å². The second-order valence-electron chi connectivity index (χ2n) is 10.6. The standard InChI is InChI=1S/C33H48O4/c1-3-5-7-8-9-13-27-14-10-11-15-28(27)16-12-26-36-31-21-23-32(24-22-31)37-33(34)29-17-19-30(20-18-29)35-25-6-4-2/h17-24,27-28H,3-16,25-26H2,1-2H3. The summed E-state index contributed by atoms with van der Waals surface area (Å²) in [6, 6.07) is 14.5. The van der Waals surface area contributed by atoms with Gasteiger partial charge in [0.15, 0.2) is 0 Å². The lowest BCUT2D eigenvalue weighted by molar-refractivity contribution is 0.0734. The molecule has 0 aromatic heterocycles. The van der Waals surface area contributed by atoms with E-state index in [4.69, 9.17) is 14.2 Å². The lowest BCUT2D eigenvalue weighted by atomic mass is 9.74. The van der Waals surface area contributed by atoms with Crippen LogP contribution in [0.15, 0.2) is 48.5 Å². The highest BCUT2D eigenvalue weighted by Crippen LogP contribution is 2.36. The zero-order chi connectivity index (χ0) is 26.1. The molecule has 2 aromatic rings. The summed E-state index contributed by atoms with van der Waals surface area (Å²) in [7, 11) is 0. The van der Waals surface area contributed by atoms with E-state index >= 15 is 0 Å². The molecule has 37 heavy (non-hydrogen) atoms. The summed E-state index contributed by atoms with van der Waals surface area (Å²) < 4.78 is 17.2. The van der Waals surface area contributed by atoms with Crippen molar-refractivity contribution in [2.45, 2.75) is 104 Å². The molecule has 4 heteroatoms. The highest BCUT2D eigenvalue weighted by atomic mass is 16.5. The van der Waals surface area contributed by atoms with Crippen molar-refractivity contribution in [2.24, 2.45) is 11.8 Å². The van der Waals surface area contributed by atoms with E-state index in [1.807, 2.05) is 24.3 Å². The maximum atomic E-state index is 12.5. The SMILES string of the molecule is CCCCCCCC1CCCCC1CCCOc1ccc(OC(=O)c2ccc(OCCCC)cc2)cc1. The van der Waals surface area contributed by atoms with Crippen LogP contribution in [0.25, 0.3) is 0 Å². The Hall–Kier alpha value is -2.49. The van der Waals surface area contributed by atoms with Gasteiger partial charge in [0.25, 0.3) is 0 Å². The minimum Gasteiger partial charge on any atom is -0.494 e. The molecule has 0 spiro atoms. The van der Waals surface area contributed by atoms with Crippen molar-refractivity contribution in [2.75, 3.05) is 13.2 Å². The number of hydrogen-bond acceptors (Lipinski definition) is 4. The summed E-state index contributed by atoms with van der Waals surface area (Å²) in [6.07, 6.45) is 18.5. The van der Waals surface area contributed by atoms with Crippen molar-refractivity contribution in [1.82, 2.24) is 0 Å². The predicted molar refractivity (Wildman–Crippen MR) is 152 cm³/mol. The first kappa shape index (κ1) is 29.1. The number of carbonyl (C=O) groups is 1. The van der Waals surface area contributed by atoms with E-state index in [0.29, 0.717) is 17.9 Å². The van der Waals surface area contributed by atoms with Crippen LogP contribution in [0, 0.1) is 11.8 Å². The van der Waals surface area contributed by atoms with Crippen molar-refractivity contribution >= 4 is 5.97 Å². The molecule has 0 radical (unpaired) electrons. The maximum Gasteiger partial charge on any atom is 0.343 e. The number of esters is 1. The highest BCUT2D eigenvalue weighted by Gasteiger charge is 2.24. The van der Waals surface area contributed by atoms with Gasteiger partial charge in [-0.25, -0.2) is 4.79 Å². The van der Waals surface area contributed by atoms with Gasteiger partial charge in [-0.15, -0.1) is 0 Å². The van der Waals surface area contributed by atoms with Crippen LogP contribution in [-0.2, 0) is 0 Å². The van der Waals surface area contributed by atoms with E-state index in [9.17, 15) is 4.79 Å². The van der Waals surface area contributed by atoms with Gasteiger partial charge in [-0.1, -0.05) is 84.5 Å². The van der Waals surface area contributed by atoms with Crippen molar-refractivity contribution in [3.8, 4) is 17.2 Å². The first-order valence-corrected chi connectivity index (χ1v) is 14.9. The third-order valence-electron chi connectivity index (χ3n) is 7.62. The van der Waals surface area contributed by atoms with Gasteiger partial charge in [0.2, 0.25) is 0 Å². The molecule has 0 N–H and O–H groups in total. The summed E-state index contributed by atoms with van der Waals surface area (Å²) in [4.78, 5) is 12.5. The molecule has 1 aliphatic rings. The monoisotopic (exact) mass is 508 g/mol. The molecule has 2 aromatic carbocycles. The fourth-order valence-corrected chi connectivity index (χ4v) is 5.38. The van der Waals surface area contributed by atoms with Gasteiger partial charge in [-0.2, -0.15) is 0 Å². The molecular formula is C33H48O4. The second kappa shape index (κ2) is 17.1. The smallest absolute Gasteiger partial charge is 0.343 e. The van der Waals surface area contributed by atoms with Crippen molar-refractivity contribution in [3.05, 3.63) is 54.1 Å². The number of rotatable bonds is 17. The summed E-state index contributed by atoms with van der Waals surface area (Å²) in [5.74, 6) is 3.54. The molecule has 4 nitrogen and oxygen atoms in total. The quantitative estimate of drug-likeness (QED) is 0.121. The van der Waals surface area contributed by atoms with Crippen LogP contribution in [0.1, 0.15) is 114 Å². The van der Waals surface area contributed by atoms with Crippen LogP contribution >= 0.6 is 0 Å². The van der Waals surface area contributed by atoms with E-state index < -0.39 is 0 Å². The Bertz CT molecular complexity index is 874. The third kappa shape index (κ3) is 10.8. The summed E-state index contributed by atoms with van der Waals surface area (Å²) in [6.45, 7) is 5.85. The van der Waals surface area contributed by atoms with E-state index in [2.05, 4.69) is 13.8 Å². The van der Waals surface area contributed by atoms with Gasteiger partial charge < -0.3 is 14.2 Å². The van der Waals surface area contributed by atoms with Crippen LogP contribution in [0.4, 0.5) is 0 Å². The largest absolute Gasteiger partial charge is 0.494 e. The molecule has 1 saturated carbocycles. The summed E-state index contributed by atoms with van der Waals surface area (Å²) in [5.41, 5.74) is 0.505. The van der Waals surface area contributed by atoms with E-state index in [-0.39, 0.29) is 5.97 Å². The molecule has 2 unspecified atom stereocenters. The zero-order valence-corrected chi connectivity index (χ0v) is 23.2. The summed E-state index contributed by atoms with van der Waals surface area (Å²) in [5, 5.41) is 0. The van der Waals surface area contributed by atoms with Crippen molar-refractivity contribution in [3.63, 3.8) is 0 Å². The van der Waals surface area contributed by atoms with E-state index in [1.54, 1.807) is 24.3 Å². The highest BCUT2D eigenvalue weighted by molar-refractivity contribution is 5.91. The first-order valence-electron chi connectivity index (χ1n) is 14.9. The molecule has 0 bridgehead atoms. The van der Waals surface area contributed by atoms with E-state index in [0.717, 1.165) is 49.2 Å². The molecule has 0 amide bonds. The molecular weight excluding hydrogens is 460 g/mol. The fourth-order valence-electron chi connectivity index (χ4n) is 5.38. The Balaban J connectivity index is 1.35. The molecule has 1 fully saturated rings. The third-order valence-corrected chi connectivity index (χ3v) is 7.62. The number of benzene rings is 2. The van der Waals surface area contributed by atoms with Crippen molar-refractivity contribution < 1.29 is 19.0 Å². The Labute approximate surface area is 225 Å². The van der Waals surface area contributed by atoms with Gasteiger partial charge in [0.1, 0.15) is 17.2 Å². The minimum absolute atomic E-state index is 0.374. The van der Waals surface area contributed by atoms with Gasteiger partial charge >= 0.3 is 5.97 Å². The zero-order valence-electron chi connectivity index (χ0n) is 23.2. The molecule has 0 saturated heterocycles. The lowest BCUT2D eigenvalue weighted by Gasteiger charge is -2.31. The Morgan fingerprint density at radius 2 is 1.16 bits per heavy atom. The maximum absolute atomic E-state index is 12.5. The number of unbranched alkanes of at least 4 members (excludes halogenated alkanes) is 5. The average molecular weight is 509 g/mol. The van der Waals surface area contributed by atoms with Crippen molar-refractivity contribution in [1.29, 1.82) is 0 Å². The van der Waals surface area contributed by atoms with Gasteiger partial charge in [0, 0.05) is 0 Å². The predicted octanol–water partition coefficient (Wildman–Crippen LogP) is 9.41. The molecule has 1 aliphatic carbocycles. The first-order chi connectivity index (χ1) is 18.2. The molecule has 0 aliphatic heterocycles. The molecule has 2 atom stereocenters. The lowest BCUT2D eigenvalue weighted by Crippen LogP contribution is -2.20. The second-order valence-corrected chi connectivity index (χ2v) is 10.6. The number of hydrogen-bond donors (Lipinski definition) is 0. The molecule has 204 valence electrons. The topological polar surface area (TPSA) is 44.8 Å². The molecule has 3 rings (SSSR count). The van der Waals surface area contributed by atoms with Gasteiger partial charge in [0.05, 0.1) is 18.8 Å². The van der Waals surface area contributed by atoms with Crippen LogP contribution in [0.2, 0.25) is 0 Å². The number of ether oxygens (including phenoxy) is 3. The fraction of sp³-hybridized carbons (Fsp3) is 0.606. The Morgan fingerprint density at radius 1 is 0.649 bits per heavy atom. The van der Waals surface area contributed by atoms with Gasteiger partial charge in [-0.3, -0.25) is 0 Å². The van der Waals surface area contributed by atoms with Crippen LogP contribution in [-0.4, -0.2) is 19.2 Å². The number of carbonyl (C=O) groups excluding carboxylic acids is 1. The normalized spacial score (nSPS) is 17.4. The summed E-state index contributed by atoms with van der Waals surface area (Å²) >= 11 is 0. The van der Waals surface area contributed by atoms with Crippen LogP contribution in [0.3, 0.4) is 0 Å². The van der Waals surface area contributed by atoms with Gasteiger partial charge in [-0.05, 0) is 79.6 Å². The Kier molecular flexibility index (Phi) is 13.4. The Morgan fingerprint density at radius 3 is 1.78 bits per heavy atom. The minimum atomic E-state index is -0.374. The molecule has 0 heterocycles. The van der Waals surface area contributed by atoms with Crippen LogP contribution in [0.5, 0.6) is 17.2 Å². The van der Waals surface area contributed by atoms with E-state index in [1.165, 1.54) is 70.6 Å².